The molecule has 0 bridgehead atoms. The molecule has 1 N–H and O–H groups in total. The van der Waals surface area contributed by atoms with Crippen LogP contribution in [0.5, 0.6) is 0 Å². The second-order valence-electron chi connectivity index (χ2n) is 8.85. The van der Waals surface area contributed by atoms with E-state index in [0.717, 1.165) is 30.1 Å². The quantitative estimate of drug-likeness (QED) is 0.524. The molecule has 0 saturated heterocycles. The molecule has 0 aromatic heterocycles. The second kappa shape index (κ2) is 9.73. The monoisotopic (exact) mass is 458 g/mol. The zero-order valence-electron chi connectivity index (χ0n) is 19.2. The topological polar surface area (TPSA) is 43.8 Å². The van der Waals surface area contributed by atoms with Gasteiger partial charge in [0.2, 0.25) is 0 Å². The molecule has 176 valence electrons. The Morgan fingerprint density at radius 1 is 1.12 bits per heavy atom. The fourth-order valence-electron chi connectivity index (χ4n) is 3.87. The fraction of sp³-hybridized carbons (Fsp3) is 0.346. The molecule has 33 heavy (non-hydrogen) atoms. The summed E-state index contributed by atoms with van der Waals surface area (Å²) in [6, 6.07) is 10.5. The first-order valence-electron chi connectivity index (χ1n) is 10.8. The third kappa shape index (κ3) is 5.97. The van der Waals surface area contributed by atoms with Crippen LogP contribution in [0.15, 0.2) is 66.5 Å². The molecule has 4 nitrogen and oxygen atoms in total. The van der Waals surface area contributed by atoms with Crippen LogP contribution in [0.3, 0.4) is 0 Å². The van der Waals surface area contributed by atoms with Gasteiger partial charge in [0.1, 0.15) is 0 Å². The molecule has 0 aliphatic carbocycles. The zero-order chi connectivity index (χ0) is 24.3. The standard InChI is InChI=1S/C26H29F3N2O2/c1-17(2)13-24(25(32)33)20-14-19(18-5-7-21(8-6-18)26(27,28)29)15-23(16-20)31(4)22-9-11-30(3)12-10-22/h5-11,14-17,24H,12-13H2,1-4H3,(H,32,33). The summed E-state index contributed by atoms with van der Waals surface area (Å²) >= 11 is 0. The number of benzene rings is 2. The smallest absolute Gasteiger partial charge is 0.416 e. The van der Waals surface area contributed by atoms with Crippen LogP contribution in [0.25, 0.3) is 11.1 Å². The van der Waals surface area contributed by atoms with Crippen molar-refractivity contribution in [3.8, 4) is 11.1 Å². The summed E-state index contributed by atoms with van der Waals surface area (Å²) in [5.41, 5.74) is 2.92. The lowest BCUT2D eigenvalue weighted by atomic mass is 9.88. The minimum atomic E-state index is -4.41. The Balaban J connectivity index is 2.09. The van der Waals surface area contributed by atoms with E-state index in [1.165, 1.54) is 12.1 Å². The van der Waals surface area contributed by atoms with Crippen LogP contribution in [0.1, 0.15) is 37.3 Å². The van der Waals surface area contributed by atoms with E-state index in [4.69, 9.17) is 0 Å². The molecule has 7 heteroatoms. The number of carbonyl (C=O) groups is 1. The summed E-state index contributed by atoms with van der Waals surface area (Å²) in [5, 5.41) is 9.90. The molecule has 0 fully saturated rings. The number of halogens is 3. The van der Waals surface area contributed by atoms with Crippen molar-refractivity contribution in [1.29, 1.82) is 0 Å². The fourth-order valence-corrected chi connectivity index (χ4v) is 3.87. The highest BCUT2D eigenvalue weighted by atomic mass is 19.4. The van der Waals surface area contributed by atoms with E-state index in [1.54, 1.807) is 6.07 Å². The summed E-state index contributed by atoms with van der Waals surface area (Å²) in [4.78, 5) is 16.1. The lowest BCUT2D eigenvalue weighted by molar-refractivity contribution is -0.139. The number of nitrogens with zero attached hydrogens (tertiary/aromatic N) is 2. The van der Waals surface area contributed by atoms with E-state index in [2.05, 4.69) is 6.08 Å². The maximum atomic E-state index is 13.0. The third-order valence-electron chi connectivity index (χ3n) is 5.76. The van der Waals surface area contributed by atoms with E-state index in [1.807, 2.05) is 62.2 Å². The highest BCUT2D eigenvalue weighted by Crippen LogP contribution is 2.36. The van der Waals surface area contributed by atoms with E-state index < -0.39 is 23.6 Å². The summed E-state index contributed by atoms with van der Waals surface area (Å²) < 4.78 is 39.1. The van der Waals surface area contributed by atoms with E-state index in [-0.39, 0.29) is 5.92 Å². The van der Waals surface area contributed by atoms with Gasteiger partial charge in [-0.05, 0) is 65.4 Å². The molecular formula is C26H29F3N2O2. The van der Waals surface area contributed by atoms with Gasteiger partial charge in [-0.15, -0.1) is 0 Å². The van der Waals surface area contributed by atoms with Crippen molar-refractivity contribution in [2.75, 3.05) is 25.5 Å². The van der Waals surface area contributed by atoms with Crippen LogP contribution in [-0.2, 0) is 11.0 Å². The van der Waals surface area contributed by atoms with Crippen molar-refractivity contribution in [3.63, 3.8) is 0 Å². The van der Waals surface area contributed by atoms with Gasteiger partial charge in [-0.25, -0.2) is 0 Å². The lowest BCUT2D eigenvalue weighted by Crippen LogP contribution is -2.22. The summed E-state index contributed by atoms with van der Waals surface area (Å²) in [6.45, 7) is 4.68. The van der Waals surface area contributed by atoms with Gasteiger partial charge in [-0.1, -0.05) is 32.0 Å². The molecule has 1 aliphatic rings. The molecule has 1 unspecified atom stereocenters. The largest absolute Gasteiger partial charge is 0.481 e. The average molecular weight is 459 g/mol. The lowest BCUT2D eigenvalue weighted by Gasteiger charge is -2.27. The number of aliphatic carboxylic acids is 1. The van der Waals surface area contributed by atoms with Crippen LogP contribution in [0.4, 0.5) is 18.9 Å². The Bertz CT molecular complexity index is 1060. The van der Waals surface area contributed by atoms with Gasteiger partial charge in [0.25, 0.3) is 0 Å². The molecule has 3 rings (SSSR count). The van der Waals surface area contributed by atoms with Crippen molar-refractivity contribution in [3.05, 3.63) is 77.6 Å². The first-order chi connectivity index (χ1) is 15.5. The SMILES string of the molecule is CC(C)CC(C(=O)O)c1cc(-c2ccc(C(F)(F)F)cc2)cc(N(C)C2=CCN(C)C=C2)c1. The van der Waals surface area contributed by atoms with E-state index in [9.17, 15) is 23.1 Å². The normalized spacial score (nSPS) is 14.9. The molecule has 1 aliphatic heterocycles. The Morgan fingerprint density at radius 2 is 1.79 bits per heavy atom. The maximum absolute atomic E-state index is 13.0. The molecule has 0 amide bonds. The Kier molecular flexibility index (Phi) is 7.20. The number of alkyl halides is 3. The number of hydrogen-bond donors (Lipinski definition) is 1. The number of likely N-dealkylation sites (N-methyl/N-ethyl adjacent to an activating group) is 2. The molecule has 0 spiro atoms. The highest BCUT2D eigenvalue weighted by Gasteiger charge is 2.30. The number of hydrogen-bond acceptors (Lipinski definition) is 3. The van der Waals surface area contributed by atoms with Gasteiger partial charge in [0.05, 0.1) is 11.5 Å². The van der Waals surface area contributed by atoms with Crippen molar-refractivity contribution < 1.29 is 23.1 Å². The minimum Gasteiger partial charge on any atom is -0.481 e. The van der Waals surface area contributed by atoms with E-state index >= 15 is 0 Å². The number of carboxylic acid groups (broad SMARTS) is 1. The third-order valence-corrected chi connectivity index (χ3v) is 5.76. The molecule has 2 aromatic rings. The predicted octanol–water partition coefficient (Wildman–Crippen LogP) is 6.37. The highest BCUT2D eigenvalue weighted by molar-refractivity contribution is 5.79. The Labute approximate surface area is 192 Å². The van der Waals surface area contributed by atoms with Crippen LogP contribution < -0.4 is 4.90 Å². The van der Waals surface area contributed by atoms with Crippen LogP contribution in [0, 0.1) is 5.92 Å². The molecule has 0 radical (unpaired) electrons. The van der Waals surface area contributed by atoms with Crippen molar-refractivity contribution >= 4 is 11.7 Å². The van der Waals surface area contributed by atoms with Crippen LogP contribution in [0.2, 0.25) is 0 Å². The molecular weight excluding hydrogens is 429 g/mol. The first-order valence-corrected chi connectivity index (χ1v) is 10.8. The number of rotatable bonds is 7. The predicted molar refractivity (Wildman–Crippen MR) is 125 cm³/mol. The summed E-state index contributed by atoms with van der Waals surface area (Å²) in [6.07, 6.45) is 2.04. The van der Waals surface area contributed by atoms with Gasteiger partial charge in [0, 0.05) is 38.2 Å². The first kappa shape index (κ1) is 24.4. The Morgan fingerprint density at radius 3 is 2.30 bits per heavy atom. The van der Waals surface area contributed by atoms with Crippen LogP contribution >= 0.6 is 0 Å². The average Bonchev–Trinajstić information content (AvgIpc) is 2.76. The summed E-state index contributed by atoms with van der Waals surface area (Å²) in [5.74, 6) is -1.46. The van der Waals surface area contributed by atoms with E-state index in [0.29, 0.717) is 23.1 Å². The minimum absolute atomic E-state index is 0.168. The van der Waals surface area contributed by atoms with Crippen molar-refractivity contribution in [1.82, 2.24) is 4.90 Å². The zero-order valence-corrected chi connectivity index (χ0v) is 19.2. The van der Waals surface area contributed by atoms with Crippen LogP contribution in [-0.4, -0.2) is 36.6 Å². The Hall–Kier alpha value is -3.22. The van der Waals surface area contributed by atoms with Gasteiger partial charge in [-0.2, -0.15) is 13.2 Å². The van der Waals surface area contributed by atoms with Crippen molar-refractivity contribution in [2.45, 2.75) is 32.4 Å². The number of anilines is 1. The molecule has 1 atom stereocenters. The number of carboxylic acids is 1. The summed E-state index contributed by atoms with van der Waals surface area (Å²) in [7, 11) is 3.87. The second-order valence-corrected chi connectivity index (χ2v) is 8.85. The number of allylic oxidation sites excluding steroid dienone is 1. The van der Waals surface area contributed by atoms with Gasteiger partial charge < -0.3 is 14.9 Å². The van der Waals surface area contributed by atoms with Crippen molar-refractivity contribution in [2.24, 2.45) is 5.92 Å². The van der Waals surface area contributed by atoms with Gasteiger partial charge in [0.15, 0.2) is 0 Å². The molecule has 1 heterocycles. The maximum Gasteiger partial charge on any atom is 0.416 e. The van der Waals surface area contributed by atoms with Gasteiger partial charge >= 0.3 is 12.1 Å². The molecule has 0 saturated carbocycles. The van der Waals surface area contributed by atoms with Gasteiger partial charge in [-0.3, -0.25) is 4.79 Å². The molecule has 2 aromatic carbocycles.